The molecule has 0 fully saturated rings. The number of aryl methyl sites for hydroxylation is 2. The number of hydrogen-bond acceptors (Lipinski definition) is 6. The normalized spacial score (nSPS) is 12.9. The first-order chi connectivity index (χ1) is 8.22. The van der Waals surface area contributed by atoms with Gasteiger partial charge < -0.3 is 0 Å². The number of hydrogen-bond donors (Lipinski definition) is 2. The smallest absolute Gasteiger partial charge is 0.176 e. The third kappa shape index (κ3) is 2.87. The summed E-state index contributed by atoms with van der Waals surface area (Å²) in [6, 6.07) is 4.28. The highest BCUT2D eigenvalue weighted by molar-refractivity contribution is 7.12. The molecule has 0 aliphatic carbocycles. The fourth-order valence-corrected chi connectivity index (χ4v) is 2.61. The third-order valence-corrected chi connectivity index (χ3v) is 3.86. The highest BCUT2D eigenvalue weighted by Gasteiger charge is 2.15. The lowest BCUT2D eigenvalue weighted by molar-refractivity contribution is 0.544. The quantitative estimate of drug-likeness (QED) is 0.601. The van der Waals surface area contributed by atoms with Gasteiger partial charge in [-0.05, 0) is 23.8 Å². The van der Waals surface area contributed by atoms with Crippen molar-refractivity contribution in [1.82, 2.24) is 25.6 Å². The molecule has 0 radical (unpaired) electrons. The predicted molar refractivity (Wildman–Crippen MR) is 66.3 cm³/mol. The van der Waals surface area contributed by atoms with Crippen LogP contribution < -0.4 is 11.3 Å². The highest BCUT2D eigenvalue weighted by atomic mass is 32.1. The molecule has 2 heterocycles. The Morgan fingerprint density at radius 1 is 1.53 bits per heavy atom. The summed E-state index contributed by atoms with van der Waals surface area (Å²) >= 11 is 1.77. The van der Waals surface area contributed by atoms with Gasteiger partial charge in [0.1, 0.15) is 0 Å². The zero-order valence-corrected chi connectivity index (χ0v) is 10.7. The van der Waals surface area contributed by atoms with Crippen molar-refractivity contribution in [2.75, 3.05) is 0 Å². The summed E-state index contributed by atoms with van der Waals surface area (Å²) in [4.78, 5) is 4.01. The lowest BCUT2D eigenvalue weighted by Crippen LogP contribution is -2.29. The number of hydrazine groups is 1. The molecule has 0 saturated carbocycles. The largest absolute Gasteiger partial charge is 0.271 e. The van der Waals surface area contributed by atoms with Crippen molar-refractivity contribution in [2.45, 2.75) is 25.8 Å². The molecule has 1 atom stereocenters. The van der Waals surface area contributed by atoms with Crippen LogP contribution in [0.15, 0.2) is 12.1 Å². The van der Waals surface area contributed by atoms with E-state index in [-0.39, 0.29) is 6.04 Å². The Morgan fingerprint density at radius 2 is 2.35 bits per heavy atom. The van der Waals surface area contributed by atoms with E-state index in [2.05, 4.69) is 39.9 Å². The lowest BCUT2D eigenvalue weighted by atomic mass is 10.2. The van der Waals surface area contributed by atoms with Crippen LogP contribution in [-0.2, 0) is 19.9 Å². The van der Waals surface area contributed by atoms with Crippen LogP contribution in [0.1, 0.15) is 28.5 Å². The van der Waals surface area contributed by atoms with Gasteiger partial charge in [-0.15, -0.1) is 21.5 Å². The van der Waals surface area contributed by atoms with E-state index in [1.54, 1.807) is 18.4 Å². The first-order valence-corrected chi connectivity index (χ1v) is 6.32. The van der Waals surface area contributed by atoms with Crippen molar-refractivity contribution < 1.29 is 0 Å². The monoisotopic (exact) mass is 252 g/mol. The van der Waals surface area contributed by atoms with Crippen LogP contribution in [0.25, 0.3) is 0 Å². The molecule has 7 heteroatoms. The number of nitrogens with two attached hydrogens (primary N) is 1. The maximum atomic E-state index is 5.58. The summed E-state index contributed by atoms with van der Waals surface area (Å²) in [6.07, 6.45) is 1.69. The van der Waals surface area contributed by atoms with Crippen LogP contribution in [0.3, 0.4) is 0 Å². The zero-order chi connectivity index (χ0) is 12.3. The van der Waals surface area contributed by atoms with E-state index in [9.17, 15) is 0 Å². The first-order valence-electron chi connectivity index (χ1n) is 5.50. The van der Waals surface area contributed by atoms with E-state index >= 15 is 0 Å². The molecule has 6 nitrogen and oxygen atoms in total. The maximum absolute atomic E-state index is 5.58. The van der Waals surface area contributed by atoms with Gasteiger partial charge in [0.15, 0.2) is 5.82 Å². The molecule has 0 amide bonds. The minimum atomic E-state index is 0.0458. The second kappa shape index (κ2) is 5.35. The molecule has 2 aromatic heterocycles. The minimum Gasteiger partial charge on any atom is -0.271 e. The van der Waals surface area contributed by atoms with Crippen LogP contribution in [0.5, 0.6) is 0 Å². The summed E-state index contributed by atoms with van der Waals surface area (Å²) in [6.45, 7) is 2.14. The van der Waals surface area contributed by atoms with E-state index in [0.717, 1.165) is 6.42 Å². The van der Waals surface area contributed by atoms with Gasteiger partial charge >= 0.3 is 0 Å². The molecular weight excluding hydrogens is 236 g/mol. The van der Waals surface area contributed by atoms with Gasteiger partial charge in [0.2, 0.25) is 0 Å². The van der Waals surface area contributed by atoms with Crippen LogP contribution in [0.4, 0.5) is 0 Å². The molecule has 2 aromatic rings. The first kappa shape index (κ1) is 12.2. The molecule has 0 aliphatic heterocycles. The van der Waals surface area contributed by atoms with Crippen LogP contribution >= 0.6 is 11.3 Å². The summed E-state index contributed by atoms with van der Waals surface area (Å²) in [5, 5.41) is 11.9. The number of nitrogens with one attached hydrogen (secondary N) is 1. The molecule has 3 N–H and O–H groups in total. The van der Waals surface area contributed by atoms with Crippen LogP contribution in [0, 0.1) is 0 Å². The van der Waals surface area contributed by atoms with Crippen molar-refractivity contribution in [3.63, 3.8) is 0 Å². The average Bonchev–Trinajstić information content (AvgIpc) is 2.94. The number of tetrazole rings is 1. The fourth-order valence-electron chi connectivity index (χ4n) is 1.60. The summed E-state index contributed by atoms with van der Waals surface area (Å²) in [5.41, 5.74) is 2.81. The number of rotatable bonds is 5. The standard InChI is InChI=1S/C10H16N6S/c1-3-7-4-5-9(17-7)8(12-11)6-10-13-15-16(2)14-10/h4-5,8,12H,3,6,11H2,1-2H3. The Hall–Kier alpha value is -1.31. The maximum Gasteiger partial charge on any atom is 0.176 e. The Kier molecular flexibility index (Phi) is 3.82. The van der Waals surface area contributed by atoms with Crippen molar-refractivity contribution in [3.8, 4) is 0 Å². The predicted octanol–water partition coefficient (Wildman–Crippen LogP) is 0.581. The summed E-state index contributed by atoms with van der Waals surface area (Å²) in [7, 11) is 1.75. The number of nitrogens with zero attached hydrogens (tertiary/aromatic N) is 4. The summed E-state index contributed by atoms with van der Waals surface area (Å²) < 4.78 is 0. The molecule has 0 spiro atoms. The van der Waals surface area contributed by atoms with Gasteiger partial charge in [-0.1, -0.05) is 6.92 Å². The SMILES string of the molecule is CCc1ccc(C(Cc2nnn(C)n2)NN)s1. The third-order valence-electron chi connectivity index (χ3n) is 2.51. The van der Waals surface area contributed by atoms with E-state index in [1.165, 1.54) is 14.6 Å². The van der Waals surface area contributed by atoms with Gasteiger partial charge in [-0.2, -0.15) is 4.80 Å². The fraction of sp³-hybridized carbons (Fsp3) is 0.500. The van der Waals surface area contributed by atoms with E-state index < -0.39 is 0 Å². The Labute approximate surface area is 104 Å². The van der Waals surface area contributed by atoms with E-state index in [0.29, 0.717) is 12.2 Å². The molecule has 2 rings (SSSR count). The van der Waals surface area contributed by atoms with Crippen molar-refractivity contribution in [3.05, 3.63) is 27.7 Å². The molecular formula is C10H16N6S. The summed E-state index contributed by atoms with van der Waals surface area (Å²) in [5.74, 6) is 6.28. The molecule has 1 unspecified atom stereocenters. The minimum absolute atomic E-state index is 0.0458. The Bertz CT molecular complexity index is 477. The van der Waals surface area contributed by atoms with Crippen LogP contribution in [-0.4, -0.2) is 20.2 Å². The van der Waals surface area contributed by atoms with Gasteiger partial charge in [-0.25, -0.2) is 0 Å². The van der Waals surface area contributed by atoms with Gasteiger partial charge in [0, 0.05) is 16.2 Å². The van der Waals surface area contributed by atoms with Gasteiger partial charge in [0.25, 0.3) is 0 Å². The molecule has 0 saturated heterocycles. The second-order valence-electron chi connectivity index (χ2n) is 3.78. The van der Waals surface area contributed by atoms with E-state index in [4.69, 9.17) is 5.84 Å². The Morgan fingerprint density at radius 3 is 2.88 bits per heavy atom. The molecule has 17 heavy (non-hydrogen) atoms. The highest BCUT2D eigenvalue weighted by Crippen LogP contribution is 2.25. The van der Waals surface area contributed by atoms with Gasteiger partial charge in [0.05, 0.1) is 13.1 Å². The molecule has 0 aliphatic rings. The van der Waals surface area contributed by atoms with Crippen molar-refractivity contribution in [1.29, 1.82) is 0 Å². The Balaban J connectivity index is 2.10. The van der Waals surface area contributed by atoms with Crippen LogP contribution in [0.2, 0.25) is 0 Å². The molecule has 0 bridgehead atoms. The number of thiophene rings is 1. The second-order valence-corrected chi connectivity index (χ2v) is 4.98. The zero-order valence-electron chi connectivity index (χ0n) is 9.92. The molecule has 92 valence electrons. The van der Waals surface area contributed by atoms with E-state index in [1.807, 2.05) is 0 Å². The average molecular weight is 252 g/mol. The van der Waals surface area contributed by atoms with Crippen molar-refractivity contribution >= 4 is 11.3 Å². The van der Waals surface area contributed by atoms with Crippen molar-refractivity contribution in [2.24, 2.45) is 12.9 Å². The lowest BCUT2D eigenvalue weighted by Gasteiger charge is -2.11. The number of aromatic nitrogens is 4. The van der Waals surface area contributed by atoms with Gasteiger partial charge in [-0.3, -0.25) is 11.3 Å². The molecule has 0 aromatic carbocycles. The topological polar surface area (TPSA) is 81.7 Å².